The van der Waals surface area contributed by atoms with Crippen LogP contribution in [0.4, 0.5) is 0 Å². The highest BCUT2D eigenvalue weighted by Crippen LogP contribution is 2.53. The van der Waals surface area contributed by atoms with E-state index in [9.17, 15) is 15.0 Å². The lowest BCUT2D eigenvalue weighted by Crippen LogP contribution is -2.33. The second-order valence-corrected chi connectivity index (χ2v) is 5.32. The molecule has 2 rings (SSSR count). The molecular formula is C14H17ClO5. The summed E-state index contributed by atoms with van der Waals surface area (Å²) in [6.45, 7) is 0. The van der Waals surface area contributed by atoms with Gasteiger partial charge in [0.1, 0.15) is 0 Å². The van der Waals surface area contributed by atoms with Crippen LogP contribution in [0, 0.1) is 0 Å². The van der Waals surface area contributed by atoms with Crippen molar-refractivity contribution in [2.75, 3.05) is 14.2 Å². The maximum Gasteiger partial charge on any atom is 0.314 e. The van der Waals surface area contributed by atoms with Crippen LogP contribution < -0.4 is 9.47 Å². The van der Waals surface area contributed by atoms with Gasteiger partial charge in [0.05, 0.1) is 24.7 Å². The summed E-state index contributed by atoms with van der Waals surface area (Å²) in [7, 11) is 2.81. The number of halogens is 1. The predicted octanol–water partition coefficient (Wildman–Crippen LogP) is 2.96. The minimum atomic E-state index is -1.15. The maximum atomic E-state index is 11.7. The molecule has 0 atom stereocenters. The molecule has 1 aliphatic rings. The van der Waals surface area contributed by atoms with Gasteiger partial charge < -0.3 is 19.7 Å². The highest BCUT2D eigenvalue weighted by molar-refractivity contribution is 6.32. The topological polar surface area (TPSA) is 76.0 Å². The number of ether oxygens (including phenoxy) is 2. The van der Waals surface area contributed by atoms with E-state index in [1.54, 1.807) is 0 Å². The summed E-state index contributed by atoms with van der Waals surface area (Å²) in [5.41, 5.74) is -0.928. The van der Waals surface area contributed by atoms with Gasteiger partial charge in [-0.3, -0.25) is 4.79 Å². The van der Waals surface area contributed by atoms with E-state index in [2.05, 4.69) is 0 Å². The van der Waals surface area contributed by atoms with Crippen LogP contribution in [0.1, 0.15) is 31.2 Å². The minimum absolute atomic E-state index is 0.111. The van der Waals surface area contributed by atoms with Gasteiger partial charge in [0.15, 0.2) is 11.5 Å². The van der Waals surface area contributed by atoms with Crippen LogP contribution >= 0.6 is 11.6 Å². The molecule has 0 aromatic heterocycles. The van der Waals surface area contributed by atoms with E-state index in [1.807, 2.05) is 0 Å². The highest BCUT2D eigenvalue weighted by atomic mass is 35.5. The number of carboxylic acids is 1. The SMILES string of the molecule is COc1cc(Cl)c(C2(C(=O)O)CCCC2)c(O)c1OC. The van der Waals surface area contributed by atoms with E-state index >= 15 is 0 Å². The molecule has 6 heteroatoms. The van der Waals surface area contributed by atoms with Gasteiger partial charge in [0.2, 0.25) is 5.75 Å². The Balaban J connectivity index is 2.70. The summed E-state index contributed by atoms with van der Waals surface area (Å²) >= 11 is 6.20. The summed E-state index contributed by atoms with van der Waals surface area (Å²) in [4.78, 5) is 11.7. The van der Waals surface area contributed by atoms with Gasteiger partial charge in [-0.15, -0.1) is 0 Å². The Hall–Kier alpha value is -1.62. The number of rotatable bonds is 4. The summed E-state index contributed by atoms with van der Waals surface area (Å²) in [5, 5.41) is 20.2. The molecule has 1 aliphatic carbocycles. The van der Waals surface area contributed by atoms with Crippen molar-refractivity contribution >= 4 is 17.6 Å². The van der Waals surface area contributed by atoms with Crippen molar-refractivity contribution in [3.8, 4) is 17.2 Å². The average molecular weight is 301 g/mol. The van der Waals surface area contributed by atoms with E-state index < -0.39 is 11.4 Å². The van der Waals surface area contributed by atoms with Crippen LogP contribution in [0.15, 0.2) is 6.07 Å². The monoisotopic (exact) mass is 300 g/mol. The largest absolute Gasteiger partial charge is 0.504 e. The van der Waals surface area contributed by atoms with Crippen LogP contribution in [0.25, 0.3) is 0 Å². The third kappa shape index (κ3) is 2.06. The molecule has 1 saturated carbocycles. The molecule has 0 unspecified atom stereocenters. The first kappa shape index (κ1) is 14.8. The number of hydrogen-bond acceptors (Lipinski definition) is 4. The normalized spacial score (nSPS) is 16.9. The first-order chi connectivity index (χ1) is 9.47. The number of methoxy groups -OCH3 is 2. The van der Waals surface area contributed by atoms with Gasteiger partial charge in [0, 0.05) is 11.6 Å². The lowest BCUT2D eigenvalue weighted by Gasteiger charge is -2.27. The van der Waals surface area contributed by atoms with Crippen molar-refractivity contribution in [2.45, 2.75) is 31.1 Å². The van der Waals surface area contributed by atoms with Crippen LogP contribution in [0.2, 0.25) is 5.02 Å². The molecule has 0 amide bonds. The molecule has 0 spiro atoms. The molecule has 1 aromatic rings. The van der Waals surface area contributed by atoms with Crippen LogP contribution in [0.5, 0.6) is 17.2 Å². The second kappa shape index (κ2) is 5.40. The lowest BCUT2D eigenvalue weighted by molar-refractivity contribution is -0.143. The Morgan fingerprint density at radius 3 is 2.35 bits per heavy atom. The second-order valence-electron chi connectivity index (χ2n) is 4.91. The number of hydrogen-bond donors (Lipinski definition) is 2. The van der Waals surface area contributed by atoms with Crippen molar-refractivity contribution in [3.05, 3.63) is 16.7 Å². The number of aromatic hydroxyl groups is 1. The minimum Gasteiger partial charge on any atom is -0.504 e. The van der Waals surface area contributed by atoms with Gasteiger partial charge in [-0.1, -0.05) is 24.4 Å². The number of carbonyl (C=O) groups is 1. The standard InChI is InChI=1S/C14H17ClO5/c1-19-9-7-8(15)10(11(16)12(9)20-2)14(13(17)18)5-3-4-6-14/h7,16H,3-6H2,1-2H3,(H,17,18). The van der Waals surface area contributed by atoms with Gasteiger partial charge in [-0.2, -0.15) is 0 Å². The quantitative estimate of drug-likeness (QED) is 0.894. The fraction of sp³-hybridized carbons (Fsp3) is 0.500. The molecule has 0 heterocycles. The molecule has 1 aromatic carbocycles. The van der Waals surface area contributed by atoms with E-state index in [-0.39, 0.29) is 27.8 Å². The molecular weight excluding hydrogens is 284 g/mol. The van der Waals surface area contributed by atoms with E-state index in [0.29, 0.717) is 12.8 Å². The van der Waals surface area contributed by atoms with Crippen molar-refractivity contribution in [1.82, 2.24) is 0 Å². The summed E-state index contributed by atoms with van der Waals surface area (Å²) in [6.07, 6.45) is 2.48. The first-order valence-electron chi connectivity index (χ1n) is 6.35. The molecule has 2 N–H and O–H groups in total. The summed E-state index contributed by atoms with van der Waals surface area (Å²) < 4.78 is 10.2. The predicted molar refractivity (Wildman–Crippen MR) is 74.0 cm³/mol. The van der Waals surface area contributed by atoms with Crippen LogP contribution in [0.3, 0.4) is 0 Å². The fourth-order valence-corrected chi connectivity index (χ4v) is 3.32. The molecule has 0 saturated heterocycles. The van der Waals surface area contributed by atoms with Crippen molar-refractivity contribution in [3.63, 3.8) is 0 Å². The Labute approximate surface area is 122 Å². The lowest BCUT2D eigenvalue weighted by atomic mass is 9.78. The van der Waals surface area contributed by atoms with Gasteiger partial charge in [-0.25, -0.2) is 0 Å². The van der Waals surface area contributed by atoms with E-state index in [4.69, 9.17) is 21.1 Å². The van der Waals surface area contributed by atoms with Gasteiger partial charge in [0.25, 0.3) is 0 Å². The fourth-order valence-electron chi connectivity index (χ4n) is 2.95. The average Bonchev–Trinajstić information content (AvgIpc) is 2.88. The number of benzene rings is 1. The molecule has 20 heavy (non-hydrogen) atoms. The zero-order valence-corrected chi connectivity index (χ0v) is 12.2. The molecule has 0 radical (unpaired) electrons. The number of carboxylic acid groups (broad SMARTS) is 1. The van der Waals surface area contributed by atoms with E-state index in [0.717, 1.165) is 12.8 Å². The van der Waals surface area contributed by atoms with Gasteiger partial charge >= 0.3 is 5.97 Å². The number of aliphatic carboxylic acids is 1. The highest BCUT2D eigenvalue weighted by Gasteiger charge is 2.47. The Morgan fingerprint density at radius 1 is 1.30 bits per heavy atom. The third-order valence-electron chi connectivity index (χ3n) is 3.94. The molecule has 110 valence electrons. The zero-order chi connectivity index (χ0) is 14.9. The van der Waals surface area contributed by atoms with Crippen LogP contribution in [-0.4, -0.2) is 30.4 Å². The van der Waals surface area contributed by atoms with Crippen molar-refractivity contribution < 1.29 is 24.5 Å². The van der Waals surface area contributed by atoms with E-state index in [1.165, 1.54) is 20.3 Å². The Bertz CT molecular complexity index is 535. The summed E-state index contributed by atoms with van der Waals surface area (Å²) in [5.74, 6) is -0.836. The molecule has 5 nitrogen and oxygen atoms in total. The first-order valence-corrected chi connectivity index (χ1v) is 6.73. The molecule has 0 bridgehead atoms. The Kier molecular flexibility index (Phi) is 3.99. The smallest absolute Gasteiger partial charge is 0.314 e. The molecule has 1 fully saturated rings. The van der Waals surface area contributed by atoms with Crippen molar-refractivity contribution in [2.24, 2.45) is 0 Å². The third-order valence-corrected chi connectivity index (χ3v) is 4.24. The number of phenolic OH excluding ortho intramolecular Hbond substituents is 1. The van der Waals surface area contributed by atoms with Crippen molar-refractivity contribution in [1.29, 1.82) is 0 Å². The zero-order valence-electron chi connectivity index (χ0n) is 11.4. The Morgan fingerprint density at radius 2 is 1.90 bits per heavy atom. The molecule has 0 aliphatic heterocycles. The summed E-state index contributed by atoms with van der Waals surface area (Å²) in [6, 6.07) is 1.48. The van der Waals surface area contributed by atoms with Crippen LogP contribution in [-0.2, 0) is 10.2 Å². The number of phenols is 1. The van der Waals surface area contributed by atoms with Gasteiger partial charge in [-0.05, 0) is 12.8 Å². The maximum absolute atomic E-state index is 11.7.